The first-order valence-corrected chi connectivity index (χ1v) is 13.0. The Balaban J connectivity index is 1.37. The smallest absolute Gasteiger partial charge is 0.245 e. The monoisotopic (exact) mass is 530 g/mol. The van der Waals surface area contributed by atoms with Gasteiger partial charge >= 0.3 is 0 Å². The van der Waals surface area contributed by atoms with Gasteiger partial charge in [-0.15, -0.1) is 10.2 Å². The van der Waals surface area contributed by atoms with Crippen LogP contribution in [0, 0.1) is 23.0 Å². The molecule has 2 fully saturated rings. The first kappa shape index (κ1) is 27.7. The Bertz CT molecular complexity index is 1180. The summed E-state index contributed by atoms with van der Waals surface area (Å²) in [5.74, 6) is -1.20. The Hall–Kier alpha value is -3.34. The first-order valence-electron chi connectivity index (χ1n) is 13.0. The highest BCUT2D eigenvalue weighted by Gasteiger charge is 2.38. The van der Waals surface area contributed by atoms with Gasteiger partial charge in [-0.05, 0) is 54.9 Å². The van der Waals surface area contributed by atoms with Crippen molar-refractivity contribution in [1.29, 1.82) is 0 Å². The van der Waals surface area contributed by atoms with Crippen LogP contribution in [0.4, 0.5) is 20.3 Å². The minimum Gasteiger partial charge on any atom is -0.391 e. The van der Waals surface area contributed by atoms with Crippen molar-refractivity contribution in [3.8, 4) is 11.3 Å². The lowest BCUT2D eigenvalue weighted by Gasteiger charge is -2.35. The van der Waals surface area contributed by atoms with Crippen LogP contribution in [-0.4, -0.2) is 70.3 Å². The topological polar surface area (TPSA) is 125 Å². The van der Waals surface area contributed by atoms with Crippen LogP contribution in [0.3, 0.4) is 0 Å². The standard InChI is InChI=1S/C27H36F2N6O3/c1-27(2,3)24(26(38)35-11-8-18(36)15-35)31-23(37)12-16-6-9-34(10-7-16)22-14-21(32-33-25(22)30)19-13-17(28)4-5-20(19)29/h4-5,13-14,16,18,24,36H,6-12,15H2,1-3H3,(H2,30,33)(H,31,37)/t18-,24-/m1/s1. The molecule has 206 valence electrons. The number of aliphatic hydroxyl groups is 1. The predicted octanol–water partition coefficient (Wildman–Crippen LogP) is 2.73. The molecular weight excluding hydrogens is 494 g/mol. The fraction of sp³-hybridized carbons (Fsp3) is 0.556. The number of anilines is 2. The van der Waals surface area contributed by atoms with E-state index in [0.717, 1.165) is 18.2 Å². The molecule has 0 saturated carbocycles. The third-order valence-corrected chi connectivity index (χ3v) is 7.33. The van der Waals surface area contributed by atoms with Gasteiger partial charge in [0.15, 0.2) is 5.82 Å². The van der Waals surface area contributed by atoms with E-state index in [9.17, 15) is 23.5 Å². The highest BCUT2D eigenvalue weighted by molar-refractivity contribution is 5.88. The number of β-amino-alcohol motifs (C(OH)–C–C–N with tert-alkyl or cyclic N) is 1. The predicted molar refractivity (Wildman–Crippen MR) is 140 cm³/mol. The van der Waals surface area contributed by atoms with Crippen molar-refractivity contribution in [2.24, 2.45) is 11.3 Å². The molecule has 2 aromatic rings. The molecule has 0 aliphatic carbocycles. The molecule has 2 amide bonds. The molecule has 2 aliphatic rings. The Kier molecular flexibility index (Phi) is 8.15. The van der Waals surface area contributed by atoms with Gasteiger partial charge in [0, 0.05) is 38.2 Å². The summed E-state index contributed by atoms with van der Waals surface area (Å²) in [5, 5.41) is 20.7. The Morgan fingerprint density at radius 1 is 1.13 bits per heavy atom. The van der Waals surface area contributed by atoms with Crippen molar-refractivity contribution in [1.82, 2.24) is 20.4 Å². The van der Waals surface area contributed by atoms with Crippen LogP contribution < -0.4 is 16.0 Å². The molecule has 4 rings (SSSR count). The SMILES string of the molecule is CC(C)(C)[C@H](NC(=O)CC1CCN(c2cc(-c3cc(F)ccc3F)nnc2N)CC1)C(=O)N1CC[C@@H](O)C1. The van der Waals surface area contributed by atoms with Crippen LogP contribution in [0.15, 0.2) is 24.3 Å². The highest BCUT2D eigenvalue weighted by atomic mass is 19.1. The number of piperidine rings is 1. The van der Waals surface area contributed by atoms with Gasteiger partial charge in [0.2, 0.25) is 11.8 Å². The number of nitrogens with zero attached hydrogens (tertiary/aromatic N) is 4. The summed E-state index contributed by atoms with van der Waals surface area (Å²) in [6.07, 6.45) is 1.75. The number of aliphatic hydroxyl groups excluding tert-OH is 1. The number of nitrogens with two attached hydrogens (primary N) is 1. The second-order valence-electron chi connectivity index (χ2n) is 11.4. The highest BCUT2D eigenvalue weighted by Crippen LogP contribution is 2.32. The largest absolute Gasteiger partial charge is 0.391 e. The average molecular weight is 531 g/mol. The van der Waals surface area contributed by atoms with Crippen molar-refractivity contribution in [3.05, 3.63) is 35.9 Å². The lowest BCUT2D eigenvalue weighted by atomic mass is 9.85. The van der Waals surface area contributed by atoms with Gasteiger partial charge in [-0.1, -0.05) is 20.8 Å². The number of rotatable bonds is 6. The van der Waals surface area contributed by atoms with E-state index < -0.39 is 29.2 Å². The van der Waals surface area contributed by atoms with Gasteiger partial charge in [-0.2, -0.15) is 0 Å². The maximum atomic E-state index is 14.3. The number of aromatic nitrogens is 2. The van der Waals surface area contributed by atoms with Gasteiger partial charge < -0.3 is 26.0 Å². The summed E-state index contributed by atoms with van der Waals surface area (Å²) in [6, 6.07) is 4.10. The van der Waals surface area contributed by atoms with Crippen LogP contribution in [0.5, 0.6) is 0 Å². The van der Waals surface area contributed by atoms with Crippen molar-refractivity contribution < 1.29 is 23.5 Å². The lowest BCUT2D eigenvalue weighted by molar-refractivity contribution is -0.139. The quantitative estimate of drug-likeness (QED) is 0.525. The van der Waals surface area contributed by atoms with E-state index in [1.807, 2.05) is 25.7 Å². The number of halogens is 2. The first-order chi connectivity index (χ1) is 17.9. The molecule has 9 nitrogen and oxygen atoms in total. The molecule has 11 heteroatoms. The summed E-state index contributed by atoms with van der Waals surface area (Å²) >= 11 is 0. The van der Waals surface area contributed by atoms with Gasteiger partial charge in [0.1, 0.15) is 17.7 Å². The lowest BCUT2D eigenvalue weighted by Crippen LogP contribution is -2.54. The Labute approximate surface area is 221 Å². The minimum absolute atomic E-state index is 0.0108. The molecule has 38 heavy (non-hydrogen) atoms. The molecule has 0 bridgehead atoms. The van der Waals surface area contributed by atoms with Crippen molar-refractivity contribution in [2.75, 3.05) is 36.8 Å². The summed E-state index contributed by atoms with van der Waals surface area (Å²) in [4.78, 5) is 29.7. The van der Waals surface area contributed by atoms with Crippen molar-refractivity contribution in [2.45, 2.75) is 58.6 Å². The van der Waals surface area contributed by atoms with Crippen LogP contribution >= 0.6 is 0 Å². The second kappa shape index (κ2) is 11.2. The molecule has 2 atom stereocenters. The molecule has 2 saturated heterocycles. The third kappa shape index (κ3) is 6.38. The molecule has 3 heterocycles. The van der Waals surface area contributed by atoms with Crippen LogP contribution in [0.2, 0.25) is 0 Å². The number of likely N-dealkylation sites (tertiary alicyclic amines) is 1. The number of carbonyl (C=O) groups is 2. The average Bonchev–Trinajstić information content (AvgIpc) is 3.30. The van der Waals surface area contributed by atoms with Gasteiger partial charge in [-0.3, -0.25) is 9.59 Å². The number of carbonyl (C=O) groups excluding carboxylic acids is 2. The molecule has 1 aromatic carbocycles. The third-order valence-electron chi connectivity index (χ3n) is 7.33. The molecule has 0 radical (unpaired) electrons. The van der Waals surface area contributed by atoms with Gasteiger partial charge in [-0.25, -0.2) is 8.78 Å². The van der Waals surface area contributed by atoms with Crippen molar-refractivity contribution >= 4 is 23.3 Å². The summed E-state index contributed by atoms with van der Waals surface area (Å²) in [5.41, 5.74) is 6.38. The van der Waals surface area contributed by atoms with E-state index >= 15 is 0 Å². The maximum Gasteiger partial charge on any atom is 0.245 e. The summed E-state index contributed by atoms with van der Waals surface area (Å²) in [7, 11) is 0. The fourth-order valence-electron chi connectivity index (χ4n) is 5.10. The maximum absolute atomic E-state index is 14.3. The Morgan fingerprint density at radius 3 is 2.47 bits per heavy atom. The molecule has 0 spiro atoms. The number of nitrogens with one attached hydrogen (secondary N) is 1. The van der Waals surface area contributed by atoms with Crippen LogP contribution in [0.25, 0.3) is 11.3 Å². The van der Waals surface area contributed by atoms with Crippen LogP contribution in [0.1, 0.15) is 46.5 Å². The zero-order valence-corrected chi connectivity index (χ0v) is 22.1. The zero-order valence-electron chi connectivity index (χ0n) is 22.1. The van der Waals surface area contributed by atoms with E-state index in [2.05, 4.69) is 15.5 Å². The number of benzene rings is 1. The molecular formula is C27H36F2N6O3. The van der Waals surface area contributed by atoms with E-state index in [1.165, 1.54) is 0 Å². The molecule has 0 unspecified atom stereocenters. The van der Waals surface area contributed by atoms with E-state index in [4.69, 9.17) is 5.73 Å². The summed E-state index contributed by atoms with van der Waals surface area (Å²) < 4.78 is 28.0. The number of hydrogen-bond acceptors (Lipinski definition) is 7. The van der Waals surface area contributed by atoms with E-state index in [0.29, 0.717) is 57.5 Å². The number of hydrogen-bond donors (Lipinski definition) is 3. The van der Waals surface area contributed by atoms with Gasteiger partial charge in [0.05, 0.1) is 17.5 Å². The number of nitrogen functional groups attached to an aromatic ring is 1. The summed E-state index contributed by atoms with van der Waals surface area (Å²) in [6.45, 7) is 7.73. The Morgan fingerprint density at radius 2 is 1.84 bits per heavy atom. The number of amides is 2. The minimum atomic E-state index is -0.676. The van der Waals surface area contributed by atoms with E-state index in [-0.39, 0.29) is 34.8 Å². The molecule has 4 N–H and O–H groups in total. The molecule has 2 aliphatic heterocycles. The van der Waals surface area contributed by atoms with Crippen LogP contribution in [-0.2, 0) is 9.59 Å². The fourth-order valence-corrected chi connectivity index (χ4v) is 5.10. The zero-order chi connectivity index (χ0) is 27.6. The normalized spacial score (nSPS) is 19.5. The molecule has 1 aromatic heterocycles. The van der Waals surface area contributed by atoms with E-state index in [1.54, 1.807) is 11.0 Å². The second-order valence-corrected chi connectivity index (χ2v) is 11.4. The van der Waals surface area contributed by atoms with Gasteiger partial charge in [0.25, 0.3) is 0 Å². The van der Waals surface area contributed by atoms with Crippen molar-refractivity contribution in [3.63, 3.8) is 0 Å².